The van der Waals surface area contributed by atoms with Crippen LogP contribution in [-0.4, -0.2) is 33.4 Å². The van der Waals surface area contributed by atoms with Gasteiger partial charge in [0.25, 0.3) is 5.91 Å². The third-order valence-electron chi connectivity index (χ3n) is 3.08. The number of aromatic nitrogens is 1. The van der Waals surface area contributed by atoms with Crippen molar-refractivity contribution < 1.29 is 19.6 Å². The van der Waals surface area contributed by atoms with E-state index in [4.69, 9.17) is 5.11 Å². The lowest BCUT2D eigenvalue weighted by Crippen LogP contribution is -2.27. The summed E-state index contributed by atoms with van der Waals surface area (Å²) < 4.78 is 0. The highest BCUT2D eigenvalue weighted by molar-refractivity contribution is 5.92. The maximum atomic E-state index is 12.0. The molecule has 1 aromatic rings. The standard InChI is InChI=1S/C16H19N3O5/c1-11-5-3-8-14(18-11)16(22)17-10-13(9-15(20)21)7-4-6-12(2)19(23)24/h3,5-8H,4,9-10H2,1-2H3,(H,17,22)(H,20,21)/b12-6+,13-7-. The summed E-state index contributed by atoms with van der Waals surface area (Å²) in [7, 11) is 0. The lowest BCUT2D eigenvalue weighted by atomic mass is 10.1. The van der Waals surface area contributed by atoms with E-state index in [1.54, 1.807) is 31.2 Å². The van der Waals surface area contributed by atoms with Gasteiger partial charge < -0.3 is 10.4 Å². The maximum Gasteiger partial charge on any atom is 0.307 e. The smallest absolute Gasteiger partial charge is 0.307 e. The Hall–Kier alpha value is -3.03. The van der Waals surface area contributed by atoms with Gasteiger partial charge in [0.05, 0.1) is 11.3 Å². The van der Waals surface area contributed by atoms with Crippen molar-refractivity contribution in [1.82, 2.24) is 10.3 Å². The topological polar surface area (TPSA) is 122 Å². The van der Waals surface area contributed by atoms with Crippen molar-refractivity contribution in [2.45, 2.75) is 26.7 Å². The van der Waals surface area contributed by atoms with Crippen LogP contribution >= 0.6 is 0 Å². The second-order valence-electron chi connectivity index (χ2n) is 5.12. The zero-order chi connectivity index (χ0) is 18.1. The first kappa shape index (κ1) is 19.0. The number of carboxylic acids is 1. The molecule has 2 N–H and O–H groups in total. The summed E-state index contributed by atoms with van der Waals surface area (Å²) in [4.78, 5) is 37.0. The Kier molecular flexibility index (Phi) is 7.28. The van der Waals surface area contributed by atoms with Crippen molar-refractivity contribution >= 4 is 11.9 Å². The molecule has 0 aromatic carbocycles. The van der Waals surface area contributed by atoms with E-state index >= 15 is 0 Å². The van der Waals surface area contributed by atoms with Crippen molar-refractivity contribution in [1.29, 1.82) is 0 Å². The fraction of sp³-hybridized carbons (Fsp3) is 0.312. The predicted molar refractivity (Wildman–Crippen MR) is 87.0 cm³/mol. The fourth-order valence-corrected chi connectivity index (χ4v) is 1.83. The summed E-state index contributed by atoms with van der Waals surface area (Å²) in [5, 5.41) is 22.0. The Balaban J connectivity index is 2.72. The molecule has 24 heavy (non-hydrogen) atoms. The molecule has 8 nitrogen and oxygen atoms in total. The SMILES string of the molecule is C/C(=C\C/C=C(\CNC(=O)c1cccc(C)n1)CC(=O)O)[N+](=O)[O-]. The van der Waals surface area contributed by atoms with E-state index in [2.05, 4.69) is 10.3 Å². The predicted octanol–water partition coefficient (Wildman–Crippen LogP) is 2.09. The second kappa shape index (κ2) is 9.19. The number of amides is 1. The number of carbonyl (C=O) groups excluding carboxylic acids is 1. The van der Waals surface area contributed by atoms with Crippen LogP contribution in [0.5, 0.6) is 0 Å². The summed E-state index contributed by atoms with van der Waals surface area (Å²) >= 11 is 0. The van der Waals surface area contributed by atoms with Gasteiger partial charge in [-0.1, -0.05) is 12.1 Å². The molecule has 1 heterocycles. The van der Waals surface area contributed by atoms with Crippen LogP contribution in [0.25, 0.3) is 0 Å². The third kappa shape index (κ3) is 6.82. The van der Waals surface area contributed by atoms with E-state index < -0.39 is 16.8 Å². The van der Waals surface area contributed by atoms with Crippen LogP contribution in [0.2, 0.25) is 0 Å². The average molecular weight is 333 g/mol. The van der Waals surface area contributed by atoms with E-state index in [0.29, 0.717) is 11.3 Å². The summed E-state index contributed by atoms with van der Waals surface area (Å²) in [6.45, 7) is 3.15. The third-order valence-corrected chi connectivity index (χ3v) is 3.08. The van der Waals surface area contributed by atoms with Gasteiger partial charge in [-0.3, -0.25) is 19.7 Å². The summed E-state index contributed by atoms with van der Waals surface area (Å²) in [5.41, 5.74) is 1.38. The van der Waals surface area contributed by atoms with Gasteiger partial charge in [0.15, 0.2) is 0 Å². The van der Waals surface area contributed by atoms with Crippen molar-refractivity contribution in [3.8, 4) is 0 Å². The number of aliphatic carboxylic acids is 1. The minimum absolute atomic E-state index is 0.0195. The van der Waals surface area contributed by atoms with Gasteiger partial charge >= 0.3 is 5.97 Å². The quantitative estimate of drug-likeness (QED) is 0.426. The molecule has 0 spiro atoms. The Morgan fingerprint density at radius 1 is 1.38 bits per heavy atom. The number of nitrogens with zero attached hydrogens (tertiary/aromatic N) is 2. The van der Waals surface area contributed by atoms with Crippen LogP contribution in [0.4, 0.5) is 0 Å². The highest BCUT2D eigenvalue weighted by atomic mass is 16.6. The normalized spacial score (nSPS) is 11.9. The molecule has 0 radical (unpaired) electrons. The molecule has 8 heteroatoms. The van der Waals surface area contributed by atoms with Gasteiger partial charge in [-0.15, -0.1) is 0 Å². The molecule has 1 amide bonds. The van der Waals surface area contributed by atoms with Crippen LogP contribution in [0, 0.1) is 17.0 Å². The van der Waals surface area contributed by atoms with Crippen LogP contribution in [0.3, 0.4) is 0 Å². The van der Waals surface area contributed by atoms with Crippen LogP contribution in [0.1, 0.15) is 35.9 Å². The molecular weight excluding hydrogens is 314 g/mol. The Morgan fingerprint density at radius 2 is 2.08 bits per heavy atom. The number of pyridine rings is 1. The number of hydrogen-bond donors (Lipinski definition) is 2. The molecule has 1 rings (SSSR count). The van der Waals surface area contributed by atoms with E-state index in [9.17, 15) is 19.7 Å². The number of carboxylic acid groups (broad SMARTS) is 1. The Bertz CT molecular complexity index is 695. The van der Waals surface area contributed by atoms with E-state index in [0.717, 1.165) is 0 Å². The molecule has 0 aliphatic carbocycles. The molecule has 0 aliphatic rings. The number of carbonyl (C=O) groups is 2. The number of rotatable bonds is 8. The van der Waals surface area contributed by atoms with Gasteiger partial charge in [-0.05, 0) is 37.1 Å². The lowest BCUT2D eigenvalue weighted by molar-refractivity contribution is -0.424. The van der Waals surface area contributed by atoms with E-state index in [1.807, 2.05) is 0 Å². The lowest BCUT2D eigenvalue weighted by Gasteiger charge is -2.07. The number of hydrogen-bond acceptors (Lipinski definition) is 5. The highest BCUT2D eigenvalue weighted by Gasteiger charge is 2.10. The van der Waals surface area contributed by atoms with Gasteiger partial charge in [0.1, 0.15) is 5.69 Å². The number of nitrogens with one attached hydrogen (secondary N) is 1. The number of allylic oxidation sites excluding steroid dienone is 3. The first-order chi connectivity index (χ1) is 11.3. The van der Waals surface area contributed by atoms with Crippen molar-refractivity contribution in [2.75, 3.05) is 6.54 Å². The summed E-state index contributed by atoms with van der Waals surface area (Å²) in [6.07, 6.45) is 2.90. The summed E-state index contributed by atoms with van der Waals surface area (Å²) in [6, 6.07) is 5.03. The molecule has 128 valence electrons. The molecule has 0 fully saturated rings. The van der Waals surface area contributed by atoms with Crippen LogP contribution < -0.4 is 5.32 Å². The monoisotopic (exact) mass is 333 g/mol. The van der Waals surface area contributed by atoms with Gasteiger partial charge in [0.2, 0.25) is 5.70 Å². The molecule has 0 aliphatic heterocycles. The van der Waals surface area contributed by atoms with Crippen molar-refractivity contribution in [2.24, 2.45) is 0 Å². The highest BCUT2D eigenvalue weighted by Crippen LogP contribution is 2.06. The Labute approximate surface area is 139 Å². The molecule has 1 aromatic heterocycles. The summed E-state index contributed by atoms with van der Waals surface area (Å²) in [5.74, 6) is -1.45. The second-order valence-corrected chi connectivity index (χ2v) is 5.12. The van der Waals surface area contributed by atoms with E-state index in [-0.39, 0.29) is 30.8 Å². The van der Waals surface area contributed by atoms with Gasteiger partial charge in [0, 0.05) is 19.2 Å². The minimum Gasteiger partial charge on any atom is -0.481 e. The molecule has 0 saturated heterocycles. The molecular formula is C16H19N3O5. The molecule has 0 atom stereocenters. The van der Waals surface area contributed by atoms with Crippen LogP contribution in [-0.2, 0) is 4.79 Å². The zero-order valence-electron chi connectivity index (χ0n) is 13.5. The van der Waals surface area contributed by atoms with Crippen molar-refractivity contribution in [3.05, 3.63) is 63.1 Å². The van der Waals surface area contributed by atoms with Gasteiger partial charge in [-0.25, -0.2) is 4.98 Å². The average Bonchev–Trinajstić information content (AvgIpc) is 2.51. The van der Waals surface area contributed by atoms with E-state index in [1.165, 1.54) is 13.0 Å². The first-order valence-corrected chi connectivity index (χ1v) is 7.22. The molecule has 0 saturated carbocycles. The maximum absolute atomic E-state index is 12.0. The largest absolute Gasteiger partial charge is 0.481 e. The van der Waals surface area contributed by atoms with Gasteiger partial charge in [-0.2, -0.15) is 0 Å². The number of nitro groups is 1. The fourth-order valence-electron chi connectivity index (χ4n) is 1.83. The minimum atomic E-state index is -1.04. The molecule has 0 unspecified atom stereocenters. The Morgan fingerprint density at radius 3 is 2.67 bits per heavy atom. The number of aryl methyl sites for hydroxylation is 1. The van der Waals surface area contributed by atoms with Crippen molar-refractivity contribution in [3.63, 3.8) is 0 Å². The first-order valence-electron chi connectivity index (χ1n) is 7.22. The van der Waals surface area contributed by atoms with Crippen LogP contribution in [0.15, 0.2) is 41.6 Å². The zero-order valence-corrected chi connectivity index (χ0v) is 13.5. The molecule has 0 bridgehead atoms.